The van der Waals surface area contributed by atoms with E-state index in [2.05, 4.69) is 4.90 Å². The molecule has 1 saturated heterocycles. The first-order valence-electron chi connectivity index (χ1n) is 11.6. The minimum absolute atomic E-state index is 0.00938. The van der Waals surface area contributed by atoms with Gasteiger partial charge in [0, 0.05) is 30.2 Å². The molecule has 6 nitrogen and oxygen atoms in total. The largest absolute Gasteiger partial charge is 0.504 e. The summed E-state index contributed by atoms with van der Waals surface area (Å²) >= 11 is 6.48. The highest BCUT2D eigenvalue weighted by Gasteiger charge is 2.33. The van der Waals surface area contributed by atoms with Crippen molar-refractivity contribution in [1.82, 2.24) is 9.80 Å². The van der Waals surface area contributed by atoms with E-state index in [1.165, 1.54) is 6.26 Å². The summed E-state index contributed by atoms with van der Waals surface area (Å²) in [5, 5.41) is 11.2. The summed E-state index contributed by atoms with van der Waals surface area (Å²) < 4.78 is 10.6. The number of rotatable bonds is 8. The van der Waals surface area contributed by atoms with Gasteiger partial charge in [-0.05, 0) is 68.1 Å². The average molecular weight is 483 g/mol. The van der Waals surface area contributed by atoms with Gasteiger partial charge in [-0.1, -0.05) is 41.9 Å². The Hall–Kier alpha value is -2.96. The number of ether oxygens (including phenoxy) is 1. The second-order valence-electron chi connectivity index (χ2n) is 8.84. The summed E-state index contributed by atoms with van der Waals surface area (Å²) in [6.45, 7) is 2.42. The van der Waals surface area contributed by atoms with Gasteiger partial charge in [-0.15, -0.1) is 0 Å². The van der Waals surface area contributed by atoms with Crippen LogP contribution in [0.3, 0.4) is 0 Å². The van der Waals surface area contributed by atoms with Crippen LogP contribution in [0.2, 0.25) is 5.02 Å². The second kappa shape index (κ2) is 11.0. The molecule has 1 atom stereocenters. The molecular weight excluding hydrogens is 452 g/mol. The molecule has 0 unspecified atom stereocenters. The number of hydrogen-bond donors (Lipinski definition) is 1. The maximum atomic E-state index is 13.1. The summed E-state index contributed by atoms with van der Waals surface area (Å²) in [4.78, 5) is 17.3. The number of likely N-dealkylation sites (tertiary alicyclic amines) is 1. The number of piperidine rings is 1. The molecule has 0 radical (unpaired) electrons. The van der Waals surface area contributed by atoms with Gasteiger partial charge < -0.3 is 19.2 Å². The predicted octanol–water partition coefficient (Wildman–Crippen LogP) is 5.24. The molecule has 3 aromatic rings. The zero-order valence-electron chi connectivity index (χ0n) is 19.6. The maximum Gasteiger partial charge on any atom is 0.289 e. The molecule has 4 rings (SSSR count). The van der Waals surface area contributed by atoms with E-state index in [0.717, 1.165) is 42.1 Å². The van der Waals surface area contributed by atoms with Crippen molar-refractivity contribution in [2.24, 2.45) is 5.92 Å². The lowest BCUT2D eigenvalue weighted by atomic mass is 9.84. The number of furan rings is 1. The Balaban J connectivity index is 1.48. The molecule has 1 aliphatic heterocycles. The first-order valence-corrected chi connectivity index (χ1v) is 12.0. The van der Waals surface area contributed by atoms with Gasteiger partial charge in [-0.2, -0.15) is 0 Å². The van der Waals surface area contributed by atoms with Gasteiger partial charge in [0.2, 0.25) is 0 Å². The van der Waals surface area contributed by atoms with E-state index in [1.54, 1.807) is 25.3 Å². The van der Waals surface area contributed by atoms with E-state index in [1.807, 2.05) is 48.3 Å². The van der Waals surface area contributed by atoms with Crippen LogP contribution in [-0.2, 0) is 13.0 Å². The molecule has 0 bridgehead atoms. The van der Waals surface area contributed by atoms with Crippen LogP contribution in [0.5, 0.6) is 11.5 Å². The fourth-order valence-electron chi connectivity index (χ4n) is 4.83. The van der Waals surface area contributed by atoms with Gasteiger partial charge in [0.25, 0.3) is 5.91 Å². The summed E-state index contributed by atoms with van der Waals surface area (Å²) in [6, 6.07) is 16.8. The summed E-state index contributed by atoms with van der Waals surface area (Å²) in [6.07, 6.45) is 4.09. The van der Waals surface area contributed by atoms with Crippen molar-refractivity contribution in [3.63, 3.8) is 0 Å². The summed E-state index contributed by atoms with van der Waals surface area (Å²) in [7, 11) is 3.41. The number of benzene rings is 2. The van der Waals surface area contributed by atoms with E-state index in [9.17, 15) is 9.90 Å². The Kier molecular flexibility index (Phi) is 7.80. The van der Waals surface area contributed by atoms with E-state index in [4.69, 9.17) is 20.8 Å². The van der Waals surface area contributed by atoms with Crippen LogP contribution in [0.4, 0.5) is 0 Å². The van der Waals surface area contributed by atoms with Crippen LogP contribution in [0, 0.1) is 5.92 Å². The van der Waals surface area contributed by atoms with Crippen LogP contribution < -0.4 is 4.74 Å². The smallest absolute Gasteiger partial charge is 0.289 e. The molecule has 34 heavy (non-hydrogen) atoms. The average Bonchev–Trinajstić information content (AvgIpc) is 3.40. The number of para-hydroxylation sites is 1. The van der Waals surface area contributed by atoms with Crippen LogP contribution in [0.1, 0.15) is 34.5 Å². The summed E-state index contributed by atoms with van der Waals surface area (Å²) in [5.41, 5.74) is 1.90. The number of hydrogen-bond acceptors (Lipinski definition) is 5. The molecule has 2 aromatic carbocycles. The zero-order chi connectivity index (χ0) is 24.1. The Morgan fingerprint density at radius 2 is 1.88 bits per heavy atom. The van der Waals surface area contributed by atoms with Crippen LogP contribution in [-0.4, -0.2) is 54.1 Å². The lowest BCUT2D eigenvalue weighted by molar-refractivity contribution is 0.0555. The number of aromatic hydroxyl groups is 1. The third-order valence-corrected chi connectivity index (χ3v) is 7.18. The summed E-state index contributed by atoms with van der Waals surface area (Å²) in [5.74, 6) is 1.23. The lowest BCUT2D eigenvalue weighted by Crippen LogP contribution is -2.47. The quantitative estimate of drug-likeness (QED) is 0.475. The molecule has 0 aliphatic carbocycles. The second-order valence-corrected chi connectivity index (χ2v) is 9.25. The minimum atomic E-state index is -0.120. The van der Waals surface area contributed by atoms with Crippen LogP contribution in [0.15, 0.2) is 65.3 Å². The molecule has 1 aromatic heterocycles. The van der Waals surface area contributed by atoms with Crippen molar-refractivity contribution in [2.45, 2.75) is 31.8 Å². The van der Waals surface area contributed by atoms with Gasteiger partial charge in [0.1, 0.15) is 0 Å². The molecule has 0 spiro atoms. The third kappa shape index (κ3) is 5.40. The SMILES string of the molecule is COc1cccc(CN2CCC([C@@H](Cc3ccccc3Cl)N(C)C(=O)c3ccco3)CC2)c1O. The maximum absolute atomic E-state index is 13.1. The number of phenolic OH excluding ortho intramolecular Hbond substituents is 1. The van der Waals surface area contributed by atoms with Gasteiger partial charge in [-0.25, -0.2) is 0 Å². The molecule has 1 fully saturated rings. The molecular formula is C27H31ClN2O4. The highest BCUT2D eigenvalue weighted by atomic mass is 35.5. The first kappa shape index (κ1) is 24.2. The molecule has 1 amide bonds. The highest BCUT2D eigenvalue weighted by Crippen LogP contribution is 2.33. The van der Waals surface area contributed by atoms with Gasteiger partial charge in [0.05, 0.1) is 13.4 Å². The van der Waals surface area contributed by atoms with E-state index < -0.39 is 0 Å². The number of carbonyl (C=O) groups is 1. The first-order chi connectivity index (χ1) is 16.5. The number of amides is 1. The number of nitrogens with zero attached hydrogens (tertiary/aromatic N) is 2. The normalized spacial score (nSPS) is 15.7. The molecule has 1 aliphatic rings. The standard InChI is InChI=1S/C27H31ClN2O4/c1-29(27(32)25-11-6-16-34-25)23(17-20-7-3-4-9-22(20)28)19-12-14-30(15-13-19)18-21-8-5-10-24(33-2)26(21)31/h3-11,16,19,23,31H,12-15,17-18H2,1-2H3/t23-/m1/s1. The number of halogens is 1. The van der Waals surface area contributed by atoms with E-state index in [0.29, 0.717) is 30.4 Å². The van der Waals surface area contributed by atoms with Crippen molar-refractivity contribution >= 4 is 17.5 Å². The number of methoxy groups -OCH3 is 1. The Bertz CT molecular complexity index is 1090. The Morgan fingerprint density at radius 1 is 1.15 bits per heavy atom. The van der Waals surface area contributed by atoms with Crippen molar-refractivity contribution in [3.8, 4) is 11.5 Å². The van der Waals surface area contributed by atoms with E-state index >= 15 is 0 Å². The molecule has 2 heterocycles. The van der Waals surface area contributed by atoms with Crippen LogP contribution >= 0.6 is 11.6 Å². The monoisotopic (exact) mass is 482 g/mol. The number of carbonyl (C=O) groups excluding carboxylic acids is 1. The Morgan fingerprint density at radius 3 is 2.56 bits per heavy atom. The van der Waals surface area contributed by atoms with Gasteiger partial charge in [0.15, 0.2) is 17.3 Å². The van der Waals surface area contributed by atoms with Gasteiger partial charge in [-0.3, -0.25) is 9.69 Å². The molecule has 1 N–H and O–H groups in total. The molecule has 0 saturated carbocycles. The van der Waals surface area contributed by atoms with Crippen molar-refractivity contribution in [3.05, 3.63) is 82.8 Å². The van der Waals surface area contributed by atoms with Crippen LogP contribution in [0.25, 0.3) is 0 Å². The number of phenols is 1. The van der Waals surface area contributed by atoms with Crippen molar-refractivity contribution in [2.75, 3.05) is 27.2 Å². The lowest BCUT2D eigenvalue weighted by Gasteiger charge is -2.40. The van der Waals surface area contributed by atoms with E-state index in [-0.39, 0.29) is 17.7 Å². The topological polar surface area (TPSA) is 66.2 Å². The molecule has 7 heteroatoms. The Labute approximate surface area is 205 Å². The number of likely N-dealkylation sites (N-methyl/N-ethyl adjacent to an activating group) is 1. The molecule has 180 valence electrons. The zero-order valence-corrected chi connectivity index (χ0v) is 20.4. The third-order valence-electron chi connectivity index (χ3n) is 6.81. The van der Waals surface area contributed by atoms with Crippen molar-refractivity contribution < 1.29 is 19.1 Å². The van der Waals surface area contributed by atoms with Crippen molar-refractivity contribution in [1.29, 1.82) is 0 Å². The van der Waals surface area contributed by atoms with Gasteiger partial charge >= 0.3 is 0 Å². The predicted molar refractivity (Wildman–Crippen MR) is 132 cm³/mol. The highest BCUT2D eigenvalue weighted by molar-refractivity contribution is 6.31. The fourth-order valence-corrected chi connectivity index (χ4v) is 5.04. The minimum Gasteiger partial charge on any atom is -0.504 e. The fraction of sp³-hybridized carbons (Fsp3) is 0.370.